The summed E-state index contributed by atoms with van der Waals surface area (Å²) < 4.78 is 16.7. The molecule has 0 spiro atoms. The van der Waals surface area contributed by atoms with E-state index < -0.39 is 6.10 Å². The molecule has 0 saturated heterocycles. The second-order valence-electron chi connectivity index (χ2n) is 19.5. The van der Waals surface area contributed by atoms with Gasteiger partial charge in [-0.1, -0.05) is 272 Å². The molecule has 0 aliphatic rings. The van der Waals surface area contributed by atoms with E-state index in [9.17, 15) is 14.4 Å². The molecular formula is C65H110O6. The van der Waals surface area contributed by atoms with Crippen LogP contribution in [0.2, 0.25) is 0 Å². The molecule has 0 heterocycles. The minimum atomic E-state index is -0.784. The van der Waals surface area contributed by atoms with Gasteiger partial charge in [0.1, 0.15) is 13.2 Å². The Morgan fingerprint density at radius 2 is 0.549 bits per heavy atom. The van der Waals surface area contributed by atoms with Crippen LogP contribution in [0.5, 0.6) is 0 Å². The SMILES string of the molecule is CC/C=C\C/C=C\C/C=C\C/C=C\C/C=C\C/C=C\C/C=C\C/C=C\CCCCCCC(=O)OCC(COC(=O)CCCCCCCC)OC(=O)CCCCCCCCCCCCCCCCCCCC. The summed E-state index contributed by atoms with van der Waals surface area (Å²) in [6, 6.07) is 0. The zero-order chi connectivity index (χ0) is 51.4. The number of carbonyl (C=O) groups excluding carboxylic acids is 3. The number of ether oxygens (including phenoxy) is 3. The zero-order valence-electron chi connectivity index (χ0n) is 46.5. The van der Waals surface area contributed by atoms with Gasteiger partial charge in [0.05, 0.1) is 0 Å². The van der Waals surface area contributed by atoms with Crippen molar-refractivity contribution in [1.29, 1.82) is 0 Å². The zero-order valence-corrected chi connectivity index (χ0v) is 46.5. The summed E-state index contributed by atoms with van der Waals surface area (Å²) in [5.74, 6) is -0.913. The molecular weight excluding hydrogens is 877 g/mol. The predicted octanol–water partition coefficient (Wildman–Crippen LogP) is 20.1. The number of allylic oxidation sites excluding steroid dienone is 16. The Balaban J connectivity index is 4.19. The molecule has 0 aromatic carbocycles. The van der Waals surface area contributed by atoms with Crippen molar-refractivity contribution < 1.29 is 28.6 Å². The summed E-state index contributed by atoms with van der Waals surface area (Å²) in [6.45, 7) is 6.46. The maximum atomic E-state index is 12.8. The fourth-order valence-corrected chi connectivity index (χ4v) is 8.16. The van der Waals surface area contributed by atoms with Crippen LogP contribution in [-0.2, 0) is 28.6 Å². The number of esters is 3. The summed E-state index contributed by atoms with van der Waals surface area (Å²) in [5.41, 5.74) is 0. The molecule has 0 amide bonds. The van der Waals surface area contributed by atoms with Crippen LogP contribution in [0.15, 0.2) is 97.2 Å². The minimum absolute atomic E-state index is 0.0837. The number of carbonyl (C=O) groups is 3. The van der Waals surface area contributed by atoms with E-state index in [4.69, 9.17) is 14.2 Å². The molecule has 71 heavy (non-hydrogen) atoms. The Morgan fingerprint density at radius 3 is 0.859 bits per heavy atom. The topological polar surface area (TPSA) is 78.9 Å². The maximum absolute atomic E-state index is 12.8. The quantitative estimate of drug-likeness (QED) is 0.0261. The normalized spacial score (nSPS) is 12.8. The van der Waals surface area contributed by atoms with E-state index in [1.165, 1.54) is 116 Å². The highest BCUT2D eigenvalue weighted by Gasteiger charge is 2.19. The first-order valence-corrected chi connectivity index (χ1v) is 29.7. The summed E-state index contributed by atoms with van der Waals surface area (Å²) in [7, 11) is 0. The van der Waals surface area contributed by atoms with E-state index in [2.05, 4.69) is 118 Å². The molecule has 1 atom stereocenters. The molecule has 0 saturated carbocycles. The highest BCUT2D eigenvalue weighted by Crippen LogP contribution is 2.16. The lowest BCUT2D eigenvalue weighted by Gasteiger charge is -2.18. The van der Waals surface area contributed by atoms with Gasteiger partial charge in [-0.25, -0.2) is 0 Å². The van der Waals surface area contributed by atoms with Gasteiger partial charge in [0.15, 0.2) is 6.10 Å². The standard InChI is InChI=1S/C65H110O6/c1-4-7-10-13-16-18-20-22-24-26-28-29-30-31-32-33-34-35-36-37-38-40-41-43-45-47-49-52-55-58-64(67)70-61-62(60-69-63(66)57-54-51-15-12-9-6-3)71-65(68)59-56-53-50-48-46-44-42-39-27-25-23-21-19-17-14-11-8-5-2/h7,10,16,18,22,24,28-29,31-32,34-35,37-38,41,43,62H,4-6,8-9,11-15,17,19-21,23,25-27,30,33,36,39-40,42,44-61H2,1-3H3/b10-7-,18-16-,24-22-,29-28-,32-31-,35-34-,38-37-,43-41-. The van der Waals surface area contributed by atoms with Crippen LogP contribution in [0, 0.1) is 0 Å². The Morgan fingerprint density at radius 1 is 0.296 bits per heavy atom. The molecule has 0 fully saturated rings. The van der Waals surface area contributed by atoms with Gasteiger partial charge in [-0.05, 0) is 83.5 Å². The summed E-state index contributed by atoms with van der Waals surface area (Å²) in [4.78, 5) is 37.9. The number of unbranched alkanes of at least 4 members (excludes halogenated alkanes) is 26. The monoisotopic (exact) mass is 987 g/mol. The molecule has 0 aromatic rings. The smallest absolute Gasteiger partial charge is 0.306 e. The van der Waals surface area contributed by atoms with Crippen molar-refractivity contribution in [2.45, 2.75) is 284 Å². The van der Waals surface area contributed by atoms with Crippen LogP contribution >= 0.6 is 0 Å². The lowest BCUT2D eigenvalue weighted by molar-refractivity contribution is -0.167. The van der Waals surface area contributed by atoms with Crippen LogP contribution < -0.4 is 0 Å². The number of hydrogen-bond acceptors (Lipinski definition) is 6. The molecule has 0 radical (unpaired) electrons. The third kappa shape index (κ3) is 57.1. The lowest BCUT2D eigenvalue weighted by atomic mass is 10.0. The van der Waals surface area contributed by atoms with E-state index in [0.717, 1.165) is 122 Å². The highest BCUT2D eigenvalue weighted by atomic mass is 16.6. The molecule has 1 unspecified atom stereocenters. The van der Waals surface area contributed by atoms with E-state index in [-0.39, 0.29) is 31.1 Å². The van der Waals surface area contributed by atoms with Gasteiger partial charge in [-0.2, -0.15) is 0 Å². The Bertz CT molecular complexity index is 1410. The molecule has 406 valence electrons. The van der Waals surface area contributed by atoms with Crippen LogP contribution in [0.1, 0.15) is 278 Å². The van der Waals surface area contributed by atoms with E-state index >= 15 is 0 Å². The van der Waals surface area contributed by atoms with Gasteiger partial charge in [0.2, 0.25) is 0 Å². The summed E-state index contributed by atoms with van der Waals surface area (Å²) in [6.07, 6.45) is 78.6. The highest BCUT2D eigenvalue weighted by molar-refractivity contribution is 5.71. The second kappa shape index (κ2) is 58.9. The van der Waals surface area contributed by atoms with Crippen LogP contribution in [0.4, 0.5) is 0 Å². The number of rotatable bonds is 53. The van der Waals surface area contributed by atoms with Gasteiger partial charge in [-0.15, -0.1) is 0 Å². The van der Waals surface area contributed by atoms with Gasteiger partial charge in [-0.3, -0.25) is 14.4 Å². The molecule has 0 aliphatic heterocycles. The van der Waals surface area contributed by atoms with Crippen molar-refractivity contribution in [3.8, 4) is 0 Å². The third-order valence-electron chi connectivity index (χ3n) is 12.6. The summed E-state index contributed by atoms with van der Waals surface area (Å²) in [5, 5.41) is 0. The summed E-state index contributed by atoms with van der Waals surface area (Å²) >= 11 is 0. The van der Waals surface area contributed by atoms with Crippen LogP contribution in [0.3, 0.4) is 0 Å². The first-order chi connectivity index (χ1) is 35.0. The van der Waals surface area contributed by atoms with Crippen molar-refractivity contribution in [2.24, 2.45) is 0 Å². The third-order valence-corrected chi connectivity index (χ3v) is 12.6. The van der Waals surface area contributed by atoms with E-state index in [1.54, 1.807) is 0 Å². The van der Waals surface area contributed by atoms with Crippen LogP contribution in [-0.4, -0.2) is 37.2 Å². The number of hydrogen-bond donors (Lipinski definition) is 0. The van der Waals surface area contributed by atoms with Gasteiger partial charge in [0, 0.05) is 19.3 Å². The molecule has 6 heteroatoms. The molecule has 6 nitrogen and oxygen atoms in total. The van der Waals surface area contributed by atoms with Crippen molar-refractivity contribution >= 4 is 17.9 Å². The second-order valence-corrected chi connectivity index (χ2v) is 19.5. The van der Waals surface area contributed by atoms with E-state index in [1.807, 2.05) is 0 Å². The Hall–Kier alpha value is -3.67. The average Bonchev–Trinajstić information content (AvgIpc) is 3.37. The molecule has 0 bridgehead atoms. The Labute approximate surface area is 438 Å². The predicted molar refractivity (Wildman–Crippen MR) is 307 cm³/mol. The van der Waals surface area contributed by atoms with Crippen molar-refractivity contribution in [1.82, 2.24) is 0 Å². The van der Waals surface area contributed by atoms with Crippen LogP contribution in [0.25, 0.3) is 0 Å². The largest absolute Gasteiger partial charge is 0.462 e. The average molecular weight is 988 g/mol. The Kier molecular flexibility index (Phi) is 55.9. The molecule has 0 N–H and O–H groups in total. The lowest BCUT2D eigenvalue weighted by Crippen LogP contribution is -2.30. The van der Waals surface area contributed by atoms with Crippen molar-refractivity contribution in [3.63, 3.8) is 0 Å². The fourth-order valence-electron chi connectivity index (χ4n) is 8.16. The van der Waals surface area contributed by atoms with E-state index in [0.29, 0.717) is 19.3 Å². The molecule has 0 rings (SSSR count). The van der Waals surface area contributed by atoms with Crippen molar-refractivity contribution in [3.05, 3.63) is 97.2 Å². The minimum Gasteiger partial charge on any atom is -0.462 e. The van der Waals surface area contributed by atoms with Crippen molar-refractivity contribution in [2.75, 3.05) is 13.2 Å². The first kappa shape index (κ1) is 67.3. The molecule has 0 aromatic heterocycles. The van der Waals surface area contributed by atoms with Gasteiger partial charge >= 0.3 is 17.9 Å². The fraction of sp³-hybridized carbons (Fsp3) is 0.708. The molecule has 0 aliphatic carbocycles. The van der Waals surface area contributed by atoms with Gasteiger partial charge < -0.3 is 14.2 Å². The maximum Gasteiger partial charge on any atom is 0.306 e. The first-order valence-electron chi connectivity index (χ1n) is 29.7. The van der Waals surface area contributed by atoms with Gasteiger partial charge in [0.25, 0.3) is 0 Å².